The lowest BCUT2D eigenvalue weighted by molar-refractivity contribution is 0.601. The minimum Gasteiger partial charge on any atom is -0.314 e. The maximum Gasteiger partial charge on any atom is 0.0948 e. The average molecular weight is 285 g/mol. The molecule has 1 aliphatic heterocycles. The third-order valence-corrected chi connectivity index (χ3v) is 4.96. The SMILES string of the molecule is Clc1cc(-c2csc(CC3CCCN3)n2)cs1. The van der Waals surface area contributed by atoms with Crippen LogP contribution in [0, 0.1) is 0 Å². The van der Waals surface area contributed by atoms with Gasteiger partial charge in [0.25, 0.3) is 0 Å². The molecule has 2 nitrogen and oxygen atoms in total. The third-order valence-electron chi connectivity index (χ3n) is 3.00. The van der Waals surface area contributed by atoms with E-state index in [0.29, 0.717) is 6.04 Å². The van der Waals surface area contributed by atoms with Crippen LogP contribution in [-0.2, 0) is 6.42 Å². The summed E-state index contributed by atoms with van der Waals surface area (Å²) in [6.45, 7) is 1.16. The first kappa shape index (κ1) is 11.7. The summed E-state index contributed by atoms with van der Waals surface area (Å²) in [6.07, 6.45) is 3.63. The molecule has 2 aromatic rings. The molecular weight excluding hydrogens is 272 g/mol. The molecule has 0 bridgehead atoms. The maximum atomic E-state index is 5.94. The molecule has 1 aliphatic rings. The van der Waals surface area contributed by atoms with Gasteiger partial charge >= 0.3 is 0 Å². The first-order valence-electron chi connectivity index (χ1n) is 5.73. The molecule has 90 valence electrons. The van der Waals surface area contributed by atoms with Crippen molar-refractivity contribution in [1.29, 1.82) is 0 Å². The summed E-state index contributed by atoms with van der Waals surface area (Å²) in [6, 6.07) is 2.61. The Labute approximate surface area is 114 Å². The molecule has 1 fully saturated rings. The van der Waals surface area contributed by atoms with E-state index in [1.54, 1.807) is 22.7 Å². The smallest absolute Gasteiger partial charge is 0.0948 e. The first-order chi connectivity index (χ1) is 8.31. The molecule has 1 atom stereocenters. The Hall–Kier alpha value is -0.420. The number of hydrogen-bond acceptors (Lipinski definition) is 4. The van der Waals surface area contributed by atoms with Gasteiger partial charge in [0.2, 0.25) is 0 Å². The van der Waals surface area contributed by atoms with Crippen molar-refractivity contribution in [3.8, 4) is 11.3 Å². The van der Waals surface area contributed by atoms with Crippen molar-refractivity contribution in [3.05, 3.63) is 26.2 Å². The fourth-order valence-electron chi connectivity index (χ4n) is 2.12. The van der Waals surface area contributed by atoms with Gasteiger partial charge in [-0.05, 0) is 25.5 Å². The molecule has 5 heteroatoms. The zero-order valence-electron chi connectivity index (χ0n) is 9.28. The van der Waals surface area contributed by atoms with E-state index in [9.17, 15) is 0 Å². The monoisotopic (exact) mass is 284 g/mol. The highest BCUT2D eigenvalue weighted by Crippen LogP contribution is 2.30. The van der Waals surface area contributed by atoms with E-state index in [2.05, 4.69) is 21.1 Å². The van der Waals surface area contributed by atoms with Gasteiger partial charge in [0.05, 0.1) is 15.0 Å². The van der Waals surface area contributed by atoms with E-state index in [1.165, 1.54) is 17.8 Å². The van der Waals surface area contributed by atoms with E-state index in [4.69, 9.17) is 11.6 Å². The number of nitrogens with one attached hydrogen (secondary N) is 1. The van der Waals surface area contributed by atoms with E-state index in [-0.39, 0.29) is 0 Å². The minimum atomic E-state index is 0.625. The maximum absolute atomic E-state index is 5.94. The summed E-state index contributed by atoms with van der Waals surface area (Å²) < 4.78 is 0.826. The summed E-state index contributed by atoms with van der Waals surface area (Å²) in [5, 5.41) is 8.92. The molecule has 0 radical (unpaired) electrons. The van der Waals surface area contributed by atoms with Gasteiger partial charge in [0, 0.05) is 28.8 Å². The Kier molecular flexibility index (Phi) is 3.47. The quantitative estimate of drug-likeness (QED) is 0.927. The molecule has 2 aromatic heterocycles. The summed E-state index contributed by atoms with van der Waals surface area (Å²) in [7, 11) is 0. The lowest BCUT2D eigenvalue weighted by Crippen LogP contribution is -2.23. The molecule has 17 heavy (non-hydrogen) atoms. The Bertz CT molecular complexity index is 500. The van der Waals surface area contributed by atoms with Gasteiger partial charge in [-0.25, -0.2) is 4.98 Å². The number of thiophene rings is 1. The molecule has 0 aromatic carbocycles. The van der Waals surface area contributed by atoms with E-state index in [0.717, 1.165) is 28.6 Å². The molecule has 3 heterocycles. The second kappa shape index (κ2) is 5.06. The van der Waals surface area contributed by atoms with Crippen LogP contribution in [0.15, 0.2) is 16.8 Å². The molecule has 1 saturated heterocycles. The molecule has 3 rings (SSSR count). The predicted molar refractivity (Wildman–Crippen MR) is 75.2 cm³/mol. The first-order valence-corrected chi connectivity index (χ1v) is 7.87. The number of hydrogen-bond donors (Lipinski definition) is 1. The summed E-state index contributed by atoms with van der Waals surface area (Å²) >= 11 is 9.25. The van der Waals surface area contributed by atoms with Crippen LogP contribution < -0.4 is 5.32 Å². The Morgan fingerprint density at radius 1 is 1.41 bits per heavy atom. The van der Waals surface area contributed by atoms with Gasteiger partial charge in [-0.2, -0.15) is 0 Å². The summed E-state index contributed by atoms with van der Waals surface area (Å²) in [5.74, 6) is 0. The lowest BCUT2D eigenvalue weighted by Gasteiger charge is -2.06. The van der Waals surface area contributed by atoms with Crippen molar-refractivity contribution in [2.75, 3.05) is 6.54 Å². The zero-order chi connectivity index (χ0) is 11.7. The van der Waals surface area contributed by atoms with Gasteiger partial charge in [0.1, 0.15) is 0 Å². The van der Waals surface area contributed by atoms with Crippen LogP contribution in [0.25, 0.3) is 11.3 Å². The zero-order valence-corrected chi connectivity index (χ0v) is 11.7. The molecule has 0 saturated carbocycles. The second-order valence-corrected chi connectivity index (χ2v) is 6.75. The van der Waals surface area contributed by atoms with Crippen LogP contribution in [0.3, 0.4) is 0 Å². The normalized spacial score (nSPS) is 19.9. The number of rotatable bonds is 3. The highest BCUT2D eigenvalue weighted by Gasteiger charge is 2.16. The van der Waals surface area contributed by atoms with Gasteiger partial charge in [-0.1, -0.05) is 11.6 Å². The molecule has 1 N–H and O–H groups in total. The highest BCUT2D eigenvalue weighted by molar-refractivity contribution is 7.14. The molecule has 1 unspecified atom stereocenters. The summed E-state index contributed by atoms with van der Waals surface area (Å²) in [5.41, 5.74) is 2.20. The number of thiazole rings is 1. The van der Waals surface area contributed by atoms with Crippen LogP contribution in [0.1, 0.15) is 17.8 Å². The molecular formula is C12H13ClN2S2. The van der Waals surface area contributed by atoms with Crippen molar-refractivity contribution in [2.24, 2.45) is 0 Å². The number of halogens is 1. The van der Waals surface area contributed by atoms with E-state index in [1.807, 2.05) is 6.07 Å². The van der Waals surface area contributed by atoms with Crippen molar-refractivity contribution >= 4 is 34.3 Å². The minimum absolute atomic E-state index is 0.625. The summed E-state index contributed by atoms with van der Waals surface area (Å²) in [4.78, 5) is 4.68. The van der Waals surface area contributed by atoms with Crippen LogP contribution >= 0.6 is 34.3 Å². The Morgan fingerprint density at radius 3 is 3.06 bits per heavy atom. The van der Waals surface area contributed by atoms with Crippen molar-refractivity contribution in [3.63, 3.8) is 0 Å². The molecule has 0 amide bonds. The van der Waals surface area contributed by atoms with Gasteiger partial charge < -0.3 is 5.32 Å². The van der Waals surface area contributed by atoms with Gasteiger partial charge in [-0.3, -0.25) is 0 Å². The van der Waals surface area contributed by atoms with Crippen LogP contribution in [-0.4, -0.2) is 17.6 Å². The Morgan fingerprint density at radius 2 is 2.35 bits per heavy atom. The van der Waals surface area contributed by atoms with Crippen molar-refractivity contribution < 1.29 is 0 Å². The van der Waals surface area contributed by atoms with E-state index < -0.39 is 0 Å². The fraction of sp³-hybridized carbons (Fsp3) is 0.417. The van der Waals surface area contributed by atoms with Crippen LogP contribution in [0.2, 0.25) is 4.34 Å². The highest BCUT2D eigenvalue weighted by atomic mass is 35.5. The number of nitrogens with zero attached hydrogens (tertiary/aromatic N) is 1. The lowest BCUT2D eigenvalue weighted by atomic mass is 10.2. The van der Waals surface area contributed by atoms with Crippen LogP contribution in [0.5, 0.6) is 0 Å². The van der Waals surface area contributed by atoms with Crippen LogP contribution in [0.4, 0.5) is 0 Å². The van der Waals surface area contributed by atoms with Crippen molar-refractivity contribution in [1.82, 2.24) is 10.3 Å². The predicted octanol–water partition coefficient (Wildman–Crippen LogP) is 3.82. The Balaban J connectivity index is 1.73. The topological polar surface area (TPSA) is 24.9 Å². The molecule has 0 spiro atoms. The fourth-order valence-corrected chi connectivity index (χ4v) is 3.88. The standard InChI is InChI=1S/C12H13ClN2S2/c13-11-4-8(6-16-11)10-7-17-12(15-10)5-9-2-1-3-14-9/h4,6-7,9,14H,1-3,5H2. The largest absolute Gasteiger partial charge is 0.314 e. The second-order valence-electron chi connectivity index (χ2n) is 4.26. The molecule has 0 aliphatic carbocycles. The van der Waals surface area contributed by atoms with E-state index >= 15 is 0 Å². The third kappa shape index (κ3) is 2.71. The van der Waals surface area contributed by atoms with Gasteiger partial charge in [0.15, 0.2) is 0 Å². The average Bonchev–Trinajstić information content (AvgIpc) is 2.99. The number of aromatic nitrogens is 1. The van der Waals surface area contributed by atoms with Gasteiger partial charge in [-0.15, -0.1) is 22.7 Å². The van der Waals surface area contributed by atoms with Crippen molar-refractivity contribution in [2.45, 2.75) is 25.3 Å².